The van der Waals surface area contributed by atoms with Crippen molar-refractivity contribution < 1.29 is 9.59 Å². The molecule has 1 aliphatic rings. The predicted molar refractivity (Wildman–Crippen MR) is 116 cm³/mol. The summed E-state index contributed by atoms with van der Waals surface area (Å²) in [6.45, 7) is 9.21. The van der Waals surface area contributed by atoms with E-state index in [0.717, 1.165) is 31.9 Å². The summed E-state index contributed by atoms with van der Waals surface area (Å²) in [7, 11) is 2.13. The highest BCUT2D eigenvalue weighted by atomic mass is 16.2. The SMILES string of the molecule is CCN(CC)C(=O)c1ccnc(C(=O)Nc2ccc(N3CCN(C)CC3)cc2)c1. The van der Waals surface area contributed by atoms with E-state index >= 15 is 0 Å². The van der Waals surface area contributed by atoms with Crippen molar-refractivity contribution in [1.29, 1.82) is 0 Å². The second-order valence-electron chi connectivity index (χ2n) is 7.20. The molecule has 2 heterocycles. The number of amides is 2. The van der Waals surface area contributed by atoms with Crippen LogP contribution >= 0.6 is 0 Å². The molecule has 2 amide bonds. The number of piperazine rings is 1. The molecule has 2 aromatic rings. The van der Waals surface area contributed by atoms with E-state index in [-0.39, 0.29) is 17.5 Å². The molecule has 3 rings (SSSR count). The van der Waals surface area contributed by atoms with Crippen LogP contribution in [0.4, 0.5) is 11.4 Å². The van der Waals surface area contributed by atoms with E-state index in [0.29, 0.717) is 24.3 Å². The van der Waals surface area contributed by atoms with Crippen molar-refractivity contribution in [1.82, 2.24) is 14.8 Å². The van der Waals surface area contributed by atoms with Crippen LogP contribution in [0.25, 0.3) is 0 Å². The molecule has 1 aromatic heterocycles. The zero-order valence-corrected chi connectivity index (χ0v) is 17.4. The normalized spacial score (nSPS) is 14.5. The van der Waals surface area contributed by atoms with Gasteiger partial charge >= 0.3 is 0 Å². The van der Waals surface area contributed by atoms with Gasteiger partial charge in [0.25, 0.3) is 11.8 Å². The Morgan fingerprint density at radius 3 is 2.31 bits per heavy atom. The number of nitrogens with one attached hydrogen (secondary N) is 1. The third kappa shape index (κ3) is 5.12. The Labute approximate surface area is 172 Å². The van der Waals surface area contributed by atoms with E-state index in [9.17, 15) is 9.59 Å². The smallest absolute Gasteiger partial charge is 0.274 e. The van der Waals surface area contributed by atoms with E-state index in [1.54, 1.807) is 17.0 Å². The molecule has 0 spiro atoms. The van der Waals surface area contributed by atoms with Crippen LogP contribution in [0, 0.1) is 0 Å². The first-order valence-electron chi connectivity index (χ1n) is 10.1. The molecule has 1 aliphatic heterocycles. The van der Waals surface area contributed by atoms with Gasteiger partial charge in [0.15, 0.2) is 0 Å². The van der Waals surface area contributed by atoms with Gasteiger partial charge in [0, 0.05) is 62.4 Å². The molecule has 7 heteroatoms. The predicted octanol–water partition coefficient (Wildman–Crippen LogP) is 2.57. The Bertz CT molecular complexity index is 841. The van der Waals surface area contributed by atoms with E-state index in [2.05, 4.69) is 27.1 Å². The molecule has 0 saturated carbocycles. The molecule has 1 fully saturated rings. The third-order valence-electron chi connectivity index (χ3n) is 5.28. The summed E-state index contributed by atoms with van der Waals surface area (Å²) < 4.78 is 0. The van der Waals surface area contributed by atoms with Crippen LogP contribution in [-0.2, 0) is 0 Å². The maximum absolute atomic E-state index is 12.6. The van der Waals surface area contributed by atoms with Gasteiger partial charge in [-0.25, -0.2) is 0 Å². The largest absolute Gasteiger partial charge is 0.369 e. The summed E-state index contributed by atoms with van der Waals surface area (Å²) in [4.78, 5) is 35.6. The first-order valence-corrected chi connectivity index (χ1v) is 10.1. The molecule has 0 atom stereocenters. The van der Waals surface area contributed by atoms with Gasteiger partial charge < -0.3 is 20.0 Å². The average molecular weight is 396 g/mol. The highest BCUT2D eigenvalue weighted by Crippen LogP contribution is 2.20. The Hall–Kier alpha value is -2.93. The Morgan fingerprint density at radius 1 is 1.03 bits per heavy atom. The number of carbonyl (C=O) groups excluding carboxylic acids is 2. The van der Waals surface area contributed by atoms with E-state index in [4.69, 9.17) is 0 Å². The number of anilines is 2. The number of benzene rings is 1. The lowest BCUT2D eigenvalue weighted by molar-refractivity contribution is 0.0773. The lowest BCUT2D eigenvalue weighted by Gasteiger charge is -2.34. The van der Waals surface area contributed by atoms with E-state index in [1.165, 1.54) is 6.20 Å². The van der Waals surface area contributed by atoms with Crippen molar-refractivity contribution in [2.24, 2.45) is 0 Å². The van der Waals surface area contributed by atoms with Gasteiger partial charge in [-0.2, -0.15) is 0 Å². The number of hydrogen-bond donors (Lipinski definition) is 1. The molecule has 7 nitrogen and oxygen atoms in total. The number of nitrogens with zero attached hydrogens (tertiary/aromatic N) is 4. The van der Waals surface area contributed by atoms with Crippen molar-refractivity contribution in [3.05, 3.63) is 53.9 Å². The van der Waals surface area contributed by atoms with Crippen molar-refractivity contribution in [2.45, 2.75) is 13.8 Å². The summed E-state index contributed by atoms with van der Waals surface area (Å²) in [5, 5.41) is 2.87. The third-order valence-corrected chi connectivity index (χ3v) is 5.28. The molecule has 154 valence electrons. The summed E-state index contributed by atoms with van der Waals surface area (Å²) in [6.07, 6.45) is 1.50. The van der Waals surface area contributed by atoms with Crippen LogP contribution < -0.4 is 10.2 Å². The minimum Gasteiger partial charge on any atom is -0.369 e. The second kappa shape index (κ2) is 9.52. The first kappa shape index (κ1) is 20.8. The van der Waals surface area contributed by atoms with Crippen molar-refractivity contribution in [3.63, 3.8) is 0 Å². The van der Waals surface area contributed by atoms with Gasteiger partial charge in [0.05, 0.1) is 0 Å². The average Bonchev–Trinajstić information content (AvgIpc) is 2.76. The van der Waals surface area contributed by atoms with Gasteiger partial charge in [-0.15, -0.1) is 0 Å². The molecule has 1 N–H and O–H groups in total. The standard InChI is InChI=1S/C22H29N5O2/c1-4-26(5-2)22(29)17-10-11-23-20(16-17)21(28)24-18-6-8-19(9-7-18)27-14-12-25(3)13-15-27/h6-11,16H,4-5,12-15H2,1-3H3,(H,24,28). The quantitative estimate of drug-likeness (QED) is 0.814. The maximum atomic E-state index is 12.6. The van der Waals surface area contributed by atoms with Crippen molar-refractivity contribution in [3.8, 4) is 0 Å². The molecule has 0 unspecified atom stereocenters. The number of aromatic nitrogens is 1. The lowest BCUT2D eigenvalue weighted by atomic mass is 10.2. The molecular weight excluding hydrogens is 366 g/mol. The number of rotatable bonds is 6. The fourth-order valence-electron chi connectivity index (χ4n) is 3.40. The first-order chi connectivity index (χ1) is 14.0. The molecular formula is C22H29N5O2. The lowest BCUT2D eigenvalue weighted by Crippen LogP contribution is -2.44. The number of hydrogen-bond acceptors (Lipinski definition) is 5. The summed E-state index contributed by atoms with van der Waals surface area (Å²) >= 11 is 0. The summed E-state index contributed by atoms with van der Waals surface area (Å²) in [5.41, 5.74) is 2.56. The Morgan fingerprint density at radius 2 is 1.69 bits per heavy atom. The number of carbonyl (C=O) groups is 2. The van der Waals surface area contributed by atoms with Gasteiger partial charge in [-0.1, -0.05) is 0 Å². The topological polar surface area (TPSA) is 68.8 Å². The molecule has 1 aromatic carbocycles. The second-order valence-corrected chi connectivity index (χ2v) is 7.20. The monoisotopic (exact) mass is 395 g/mol. The van der Waals surface area contributed by atoms with Crippen molar-refractivity contribution in [2.75, 3.05) is 56.5 Å². The van der Waals surface area contributed by atoms with E-state index in [1.807, 2.05) is 38.1 Å². The molecule has 0 radical (unpaired) electrons. The molecule has 0 bridgehead atoms. The van der Waals surface area contributed by atoms with E-state index < -0.39 is 0 Å². The number of likely N-dealkylation sites (N-methyl/N-ethyl adjacent to an activating group) is 1. The molecule has 1 saturated heterocycles. The molecule has 29 heavy (non-hydrogen) atoms. The van der Waals surface area contributed by atoms with Crippen LogP contribution in [0.2, 0.25) is 0 Å². The minimum absolute atomic E-state index is 0.0945. The van der Waals surface area contributed by atoms with Crippen molar-refractivity contribution >= 4 is 23.2 Å². The van der Waals surface area contributed by atoms with Crippen LogP contribution in [0.15, 0.2) is 42.6 Å². The van der Waals surface area contributed by atoms with Gasteiger partial charge in [-0.3, -0.25) is 14.6 Å². The zero-order valence-electron chi connectivity index (χ0n) is 17.4. The fourth-order valence-corrected chi connectivity index (χ4v) is 3.40. The van der Waals surface area contributed by atoms with Gasteiger partial charge in [0.2, 0.25) is 0 Å². The van der Waals surface area contributed by atoms with Crippen LogP contribution in [0.3, 0.4) is 0 Å². The van der Waals surface area contributed by atoms with Gasteiger partial charge in [0.1, 0.15) is 5.69 Å². The maximum Gasteiger partial charge on any atom is 0.274 e. The summed E-state index contributed by atoms with van der Waals surface area (Å²) in [5.74, 6) is -0.422. The highest BCUT2D eigenvalue weighted by Gasteiger charge is 2.17. The highest BCUT2D eigenvalue weighted by molar-refractivity contribution is 6.04. The van der Waals surface area contributed by atoms with Crippen LogP contribution in [-0.4, -0.2) is 72.9 Å². The Kier molecular flexibility index (Phi) is 6.82. The number of pyridine rings is 1. The Balaban J connectivity index is 1.66. The van der Waals surface area contributed by atoms with Crippen LogP contribution in [0.5, 0.6) is 0 Å². The fraction of sp³-hybridized carbons (Fsp3) is 0.409. The summed E-state index contributed by atoms with van der Waals surface area (Å²) in [6, 6.07) is 11.0. The van der Waals surface area contributed by atoms with Gasteiger partial charge in [-0.05, 0) is 57.3 Å². The minimum atomic E-state index is -0.327. The zero-order chi connectivity index (χ0) is 20.8. The molecule has 0 aliphatic carbocycles. The van der Waals surface area contributed by atoms with Crippen LogP contribution in [0.1, 0.15) is 34.7 Å².